The van der Waals surface area contributed by atoms with Crippen LogP contribution in [0.25, 0.3) is 0 Å². The van der Waals surface area contributed by atoms with Gasteiger partial charge in [0.05, 0.1) is 6.61 Å². The van der Waals surface area contributed by atoms with E-state index < -0.39 is 5.97 Å². The average molecular weight is 252 g/mol. The van der Waals surface area contributed by atoms with Crippen molar-refractivity contribution >= 4 is 10.5 Å². The van der Waals surface area contributed by atoms with E-state index in [0.717, 1.165) is 6.42 Å². The molecule has 0 saturated heterocycles. The molecular weight excluding hydrogens is 228 g/mol. The van der Waals surface area contributed by atoms with Crippen LogP contribution in [0.2, 0.25) is 0 Å². The third-order valence-corrected chi connectivity index (χ3v) is 2.16. The zero-order chi connectivity index (χ0) is 12.3. The summed E-state index contributed by atoms with van der Waals surface area (Å²) in [5.41, 5.74) is 0. The van der Waals surface area contributed by atoms with Crippen molar-refractivity contribution in [1.29, 1.82) is 0 Å². The molecule has 0 N–H and O–H groups in total. The van der Waals surface area contributed by atoms with Gasteiger partial charge in [-0.15, -0.1) is 0 Å². The molecule has 0 aromatic rings. The van der Waals surface area contributed by atoms with E-state index in [4.69, 9.17) is 19.1 Å². The Balaban J connectivity index is 4.12. The van der Waals surface area contributed by atoms with Crippen LogP contribution in [0, 0.1) is 0 Å². The molecule has 0 aliphatic rings. The molecule has 98 valence electrons. The maximum absolute atomic E-state index is 5.56. The maximum Gasteiger partial charge on any atom is 0.282 e. The van der Waals surface area contributed by atoms with Gasteiger partial charge in [-0.1, -0.05) is 0 Å². The molecule has 0 aromatic heterocycles. The lowest BCUT2D eigenvalue weighted by Gasteiger charge is -2.32. The monoisotopic (exact) mass is 252 g/mol. The Kier molecular flexibility index (Phi) is 10.2. The Hall–Kier alpha value is 0.0169. The van der Waals surface area contributed by atoms with Gasteiger partial charge in [-0.25, -0.2) is 4.89 Å². The van der Waals surface area contributed by atoms with Crippen LogP contribution >= 0.6 is 0 Å². The molecule has 0 aliphatic heterocycles. The van der Waals surface area contributed by atoms with Gasteiger partial charge in [0.15, 0.2) is 10.5 Å². The zero-order valence-electron chi connectivity index (χ0n) is 10.8. The predicted molar refractivity (Wildman–Crippen MR) is 63.8 cm³/mol. The van der Waals surface area contributed by atoms with Crippen molar-refractivity contribution in [3.63, 3.8) is 0 Å². The number of hydrogen-bond donors (Lipinski definition) is 0. The van der Waals surface area contributed by atoms with Gasteiger partial charge in [-0.2, -0.15) is 0 Å². The fourth-order valence-corrected chi connectivity index (χ4v) is 1.60. The number of hydrogen-bond acceptors (Lipinski definition) is 5. The predicted octanol–water partition coefficient (Wildman–Crippen LogP) is 0.759. The van der Waals surface area contributed by atoms with Gasteiger partial charge in [0.1, 0.15) is 0 Å². The minimum atomic E-state index is -0.924. The molecule has 0 aliphatic carbocycles. The summed E-state index contributed by atoms with van der Waals surface area (Å²) in [6, 6.07) is 0. The molecule has 0 spiro atoms. The zero-order valence-corrected chi connectivity index (χ0v) is 12.8. The summed E-state index contributed by atoms with van der Waals surface area (Å²) in [7, 11) is 0.584. The van der Waals surface area contributed by atoms with Gasteiger partial charge in [-0.05, 0) is 27.2 Å². The lowest BCUT2D eigenvalue weighted by molar-refractivity contribution is -0.381. The SMILES string of the molecule is CCOC(CCCOO[SiH3])(OCC)OCC. The van der Waals surface area contributed by atoms with Crippen LogP contribution in [-0.4, -0.2) is 42.9 Å². The first kappa shape index (κ1) is 16.0. The summed E-state index contributed by atoms with van der Waals surface area (Å²) in [5, 5.41) is 0. The van der Waals surface area contributed by atoms with Crippen molar-refractivity contribution in [1.82, 2.24) is 0 Å². The van der Waals surface area contributed by atoms with Gasteiger partial charge >= 0.3 is 0 Å². The molecular formula is C10H24O5Si. The van der Waals surface area contributed by atoms with Crippen LogP contribution in [0.4, 0.5) is 0 Å². The number of rotatable bonds is 11. The molecule has 0 unspecified atom stereocenters. The smallest absolute Gasteiger partial charge is 0.282 e. The molecule has 0 aromatic carbocycles. The molecule has 16 heavy (non-hydrogen) atoms. The van der Waals surface area contributed by atoms with Crippen molar-refractivity contribution < 1.29 is 23.7 Å². The minimum absolute atomic E-state index is 0.526. The van der Waals surface area contributed by atoms with Crippen molar-refractivity contribution in [2.75, 3.05) is 26.4 Å². The van der Waals surface area contributed by atoms with Crippen molar-refractivity contribution in [2.45, 2.75) is 39.6 Å². The Bertz CT molecular complexity index is 139. The standard InChI is InChI=1S/C10H24O5Si/c1-4-11-10(12-5-2,13-6-3)8-7-9-14-15-16/h4-9H2,1-3,16H3. The van der Waals surface area contributed by atoms with E-state index in [9.17, 15) is 0 Å². The molecule has 0 amide bonds. The summed E-state index contributed by atoms with van der Waals surface area (Å²) in [5.74, 6) is -0.924. The van der Waals surface area contributed by atoms with Crippen molar-refractivity contribution in [2.24, 2.45) is 0 Å². The molecule has 0 radical (unpaired) electrons. The first-order valence-electron chi connectivity index (χ1n) is 5.82. The quantitative estimate of drug-likeness (QED) is 0.179. The Labute approximate surface area is 101 Å². The Morgan fingerprint density at radius 2 is 1.44 bits per heavy atom. The normalized spacial score (nSPS) is 12.2. The molecule has 0 heterocycles. The minimum Gasteiger partial charge on any atom is -0.328 e. The highest BCUT2D eigenvalue weighted by Gasteiger charge is 2.31. The van der Waals surface area contributed by atoms with E-state index in [2.05, 4.69) is 4.58 Å². The van der Waals surface area contributed by atoms with E-state index in [0.29, 0.717) is 43.3 Å². The summed E-state index contributed by atoms with van der Waals surface area (Å²) in [6.45, 7) is 7.95. The van der Waals surface area contributed by atoms with Crippen molar-refractivity contribution in [3.8, 4) is 0 Å². The fourth-order valence-electron chi connectivity index (χ4n) is 1.43. The van der Waals surface area contributed by atoms with E-state index in [-0.39, 0.29) is 0 Å². The first-order chi connectivity index (χ1) is 7.74. The molecule has 0 saturated carbocycles. The van der Waals surface area contributed by atoms with Crippen LogP contribution < -0.4 is 0 Å². The topological polar surface area (TPSA) is 46.2 Å². The van der Waals surface area contributed by atoms with E-state index in [1.807, 2.05) is 20.8 Å². The molecule has 0 fully saturated rings. The second-order valence-electron chi connectivity index (χ2n) is 3.07. The second-order valence-corrected chi connectivity index (χ2v) is 3.41. The summed E-state index contributed by atoms with van der Waals surface area (Å²) >= 11 is 0. The van der Waals surface area contributed by atoms with Gasteiger partial charge in [0.25, 0.3) is 5.97 Å². The van der Waals surface area contributed by atoms with Gasteiger partial charge < -0.3 is 14.2 Å². The summed E-state index contributed by atoms with van der Waals surface area (Å²) in [4.78, 5) is 4.86. The first-order valence-corrected chi connectivity index (χ1v) is 6.63. The second kappa shape index (κ2) is 10.2. The summed E-state index contributed by atoms with van der Waals surface area (Å²) in [6.07, 6.45) is 1.40. The molecule has 5 nitrogen and oxygen atoms in total. The van der Waals surface area contributed by atoms with E-state index >= 15 is 0 Å². The van der Waals surface area contributed by atoms with Crippen LogP contribution in [-0.2, 0) is 23.7 Å². The highest BCUT2D eigenvalue weighted by Crippen LogP contribution is 2.22. The molecule has 6 heteroatoms. The van der Waals surface area contributed by atoms with Gasteiger partial charge in [-0.3, -0.25) is 4.58 Å². The van der Waals surface area contributed by atoms with Gasteiger partial charge in [0, 0.05) is 26.2 Å². The third-order valence-electron chi connectivity index (χ3n) is 1.92. The van der Waals surface area contributed by atoms with Crippen molar-refractivity contribution in [3.05, 3.63) is 0 Å². The van der Waals surface area contributed by atoms with Crippen LogP contribution in [0.15, 0.2) is 0 Å². The Morgan fingerprint density at radius 3 is 1.81 bits per heavy atom. The molecule has 0 bridgehead atoms. The lowest BCUT2D eigenvalue weighted by atomic mass is 10.3. The highest BCUT2D eigenvalue weighted by molar-refractivity contribution is 5.97. The molecule has 0 rings (SSSR count). The Morgan fingerprint density at radius 1 is 0.938 bits per heavy atom. The maximum atomic E-state index is 5.56. The lowest BCUT2D eigenvalue weighted by Crippen LogP contribution is -2.39. The van der Waals surface area contributed by atoms with Crippen LogP contribution in [0.1, 0.15) is 33.6 Å². The third kappa shape index (κ3) is 6.57. The number of ether oxygens (including phenoxy) is 3. The van der Waals surface area contributed by atoms with Gasteiger partial charge in [0.2, 0.25) is 0 Å². The van der Waals surface area contributed by atoms with E-state index in [1.54, 1.807) is 0 Å². The molecule has 0 atom stereocenters. The van der Waals surface area contributed by atoms with Crippen LogP contribution in [0.3, 0.4) is 0 Å². The average Bonchev–Trinajstić information content (AvgIpc) is 2.26. The highest BCUT2D eigenvalue weighted by atomic mass is 28.2. The van der Waals surface area contributed by atoms with E-state index in [1.165, 1.54) is 0 Å². The van der Waals surface area contributed by atoms with Crippen LogP contribution in [0.5, 0.6) is 0 Å². The summed E-state index contributed by atoms with van der Waals surface area (Å²) < 4.78 is 21.3. The largest absolute Gasteiger partial charge is 0.328 e. The fraction of sp³-hybridized carbons (Fsp3) is 1.00.